The Labute approximate surface area is 214 Å². The lowest BCUT2D eigenvalue weighted by atomic mass is 9.88. The van der Waals surface area contributed by atoms with Gasteiger partial charge >= 0.3 is 0 Å². The van der Waals surface area contributed by atoms with Crippen LogP contribution in [0.2, 0.25) is 5.02 Å². The fourth-order valence-corrected chi connectivity index (χ4v) is 6.04. The lowest BCUT2D eigenvalue weighted by Crippen LogP contribution is -2.28. The lowest BCUT2D eigenvalue weighted by Gasteiger charge is -2.16. The standard InChI is InChI=1S/C32H23ClNS/c1-34-29-14-8-9-15-30(29)35-32(34)31-27(23-10-4-2-5-11-23)20-25(22-16-18-26(33)19-17-22)21-28(31)24-12-6-3-7-13-24/h2-21H,1H3/q+1. The maximum atomic E-state index is 6.21. The van der Waals surface area contributed by atoms with Gasteiger partial charge in [-0.25, -0.2) is 0 Å². The highest BCUT2D eigenvalue weighted by Gasteiger charge is 2.26. The van der Waals surface area contributed by atoms with Crippen LogP contribution >= 0.6 is 22.9 Å². The van der Waals surface area contributed by atoms with Gasteiger partial charge in [-0.15, -0.1) is 0 Å². The first-order chi connectivity index (χ1) is 17.2. The fourth-order valence-electron chi connectivity index (χ4n) is 4.69. The molecule has 0 fully saturated rings. The number of para-hydroxylation sites is 1. The normalized spacial score (nSPS) is 11.1. The highest BCUT2D eigenvalue weighted by molar-refractivity contribution is 7.21. The summed E-state index contributed by atoms with van der Waals surface area (Å²) < 4.78 is 3.61. The van der Waals surface area contributed by atoms with Gasteiger partial charge in [0, 0.05) is 11.1 Å². The minimum absolute atomic E-state index is 0.745. The van der Waals surface area contributed by atoms with Crippen molar-refractivity contribution in [2.75, 3.05) is 0 Å². The summed E-state index contributed by atoms with van der Waals surface area (Å²) in [7, 11) is 2.17. The molecular weight excluding hydrogens is 466 g/mol. The molecule has 0 unspecified atom stereocenters. The van der Waals surface area contributed by atoms with E-state index in [-0.39, 0.29) is 0 Å². The number of fused-ring (bicyclic) bond motifs is 1. The summed E-state index contributed by atoms with van der Waals surface area (Å²) in [5, 5.41) is 1.99. The van der Waals surface area contributed by atoms with Crippen LogP contribution in [0.1, 0.15) is 0 Å². The molecule has 0 aliphatic rings. The van der Waals surface area contributed by atoms with Crippen LogP contribution in [0.3, 0.4) is 0 Å². The van der Waals surface area contributed by atoms with Gasteiger partial charge in [0.05, 0.1) is 5.56 Å². The Morgan fingerprint density at radius 3 is 1.69 bits per heavy atom. The summed E-state index contributed by atoms with van der Waals surface area (Å²) in [5.41, 5.74) is 9.66. The van der Waals surface area contributed by atoms with Crippen molar-refractivity contribution in [1.82, 2.24) is 0 Å². The van der Waals surface area contributed by atoms with E-state index < -0.39 is 0 Å². The molecule has 0 radical (unpaired) electrons. The first-order valence-electron chi connectivity index (χ1n) is 11.6. The van der Waals surface area contributed by atoms with Crippen LogP contribution in [0.15, 0.2) is 121 Å². The molecule has 0 saturated carbocycles. The number of hydrogen-bond acceptors (Lipinski definition) is 1. The molecule has 1 nitrogen and oxygen atoms in total. The molecule has 35 heavy (non-hydrogen) atoms. The Morgan fingerprint density at radius 1 is 0.571 bits per heavy atom. The third-order valence-corrected chi connectivity index (χ3v) is 7.93. The Balaban J connectivity index is 1.73. The maximum Gasteiger partial charge on any atom is 0.271 e. The van der Waals surface area contributed by atoms with Gasteiger partial charge in [0.25, 0.3) is 5.01 Å². The molecule has 6 rings (SSSR count). The predicted molar refractivity (Wildman–Crippen MR) is 150 cm³/mol. The Morgan fingerprint density at radius 2 is 1.11 bits per heavy atom. The Kier molecular flexibility index (Phi) is 5.69. The summed E-state index contributed by atoms with van der Waals surface area (Å²) in [6.45, 7) is 0. The van der Waals surface area contributed by atoms with E-state index in [9.17, 15) is 0 Å². The van der Waals surface area contributed by atoms with E-state index in [1.54, 1.807) is 0 Å². The van der Waals surface area contributed by atoms with Crippen molar-refractivity contribution in [1.29, 1.82) is 0 Å². The largest absolute Gasteiger partial charge is 0.271 e. The van der Waals surface area contributed by atoms with Crippen LogP contribution in [-0.2, 0) is 7.05 Å². The zero-order chi connectivity index (χ0) is 23.8. The van der Waals surface area contributed by atoms with E-state index in [1.807, 2.05) is 23.5 Å². The number of rotatable bonds is 4. The topological polar surface area (TPSA) is 3.88 Å². The number of benzene rings is 5. The van der Waals surface area contributed by atoms with Crippen LogP contribution < -0.4 is 4.57 Å². The van der Waals surface area contributed by atoms with E-state index in [4.69, 9.17) is 11.6 Å². The Bertz CT molecular complexity index is 1570. The monoisotopic (exact) mass is 488 g/mol. The number of halogens is 1. The zero-order valence-corrected chi connectivity index (χ0v) is 20.9. The van der Waals surface area contributed by atoms with Gasteiger partial charge in [0.1, 0.15) is 11.7 Å². The molecule has 0 atom stereocenters. The van der Waals surface area contributed by atoms with Crippen molar-refractivity contribution < 1.29 is 4.57 Å². The molecule has 1 heterocycles. The zero-order valence-electron chi connectivity index (χ0n) is 19.3. The number of aryl methyl sites for hydroxylation is 1. The SMILES string of the molecule is C[n+]1c(-c2c(-c3ccccc3)cc(-c3ccc(Cl)cc3)cc2-c2ccccc2)sc2ccccc21. The molecule has 3 heteroatoms. The van der Waals surface area contributed by atoms with Gasteiger partial charge in [-0.2, -0.15) is 4.57 Å². The summed E-state index contributed by atoms with van der Waals surface area (Å²) >= 11 is 8.06. The molecule has 0 amide bonds. The number of hydrogen-bond donors (Lipinski definition) is 0. The van der Waals surface area contributed by atoms with Gasteiger partial charge in [-0.05, 0) is 63.7 Å². The van der Waals surface area contributed by atoms with Crippen LogP contribution in [0.4, 0.5) is 0 Å². The third-order valence-electron chi connectivity index (χ3n) is 6.44. The van der Waals surface area contributed by atoms with E-state index in [0.717, 1.165) is 10.6 Å². The summed E-state index contributed by atoms with van der Waals surface area (Å²) in [6, 6.07) is 42.8. The summed E-state index contributed by atoms with van der Waals surface area (Å²) in [4.78, 5) is 0. The molecule has 168 valence electrons. The van der Waals surface area contributed by atoms with E-state index in [2.05, 4.69) is 121 Å². The maximum absolute atomic E-state index is 6.21. The van der Waals surface area contributed by atoms with Crippen LogP contribution in [0.5, 0.6) is 0 Å². The number of thiazole rings is 1. The summed E-state index contributed by atoms with van der Waals surface area (Å²) in [5.74, 6) is 0. The molecule has 1 aromatic heterocycles. The highest BCUT2D eigenvalue weighted by atomic mass is 35.5. The van der Waals surface area contributed by atoms with Crippen LogP contribution in [0.25, 0.3) is 54.2 Å². The van der Waals surface area contributed by atoms with Crippen LogP contribution in [0, 0.1) is 0 Å². The van der Waals surface area contributed by atoms with Crippen molar-refractivity contribution in [2.24, 2.45) is 7.05 Å². The predicted octanol–water partition coefficient (Wildman–Crippen LogP) is 9.05. The fraction of sp³-hybridized carbons (Fsp3) is 0.0312. The van der Waals surface area contributed by atoms with Crippen molar-refractivity contribution in [3.63, 3.8) is 0 Å². The van der Waals surface area contributed by atoms with E-state index in [1.165, 1.54) is 48.6 Å². The van der Waals surface area contributed by atoms with Crippen molar-refractivity contribution in [3.8, 4) is 44.0 Å². The van der Waals surface area contributed by atoms with Crippen molar-refractivity contribution in [2.45, 2.75) is 0 Å². The third kappa shape index (κ3) is 4.05. The molecule has 6 aromatic rings. The van der Waals surface area contributed by atoms with E-state index in [0.29, 0.717) is 0 Å². The van der Waals surface area contributed by atoms with Crippen molar-refractivity contribution >= 4 is 33.2 Å². The molecule has 0 aliphatic carbocycles. The lowest BCUT2D eigenvalue weighted by molar-refractivity contribution is -0.629. The first kappa shape index (κ1) is 21.8. The molecule has 5 aromatic carbocycles. The molecule has 0 N–H and O–H groups in total. The molecular formula is C32H23ClNS+. The van der Waals surface area contributed by atoms with Crippen molar-refractivity contribution in [3.05, 3.63) is 126 Å². The molecule has 0 bridgehead atoms. The first-order valence-corrected chi connectivity index (χ1v) is 12.8. The molecule has 0 spiro atoms. The van der Waals surface area contributed by atoms with Gasteiger partial charge in [0.2, 0.25) is 5.52 Å². The number of nitrogens with zero attached hydrogens (tertiary/aromatic N) is 1. The van der Waals surface area contributed by atoms with Crippen LogP contribution in [-0.4, -0.2) is 0 Å². The second-order valence-corrected chi connectivity index (χ2v) is 10.1. The quantitative estimate of drug-likeness (QED) is 0.218. The van der Waals surface area contributed by atoms with Gasteiger partial charge in [0.15, 0.2) is 0 Å². The average Bonchev–Trinajstić information content (AvgIpc) is 3.25. The number of aromatic nitrogens is 1. The van der Waals surface area contributed by atoms with Gasteiger partial charge in [-0.3, -0.25) is 0 Å². The summed E-state index contributed by atoms with van der Waals surface area (Å²) in [6.07, 6.45) is 0. The second kappa shape index (κ2) is 9.14. The molecule has 0 aliphatic heterocycles. The second-order valence-electron chi connectivity index (χ2n) is 8.62. The average molecular weight is 489 g/mol. The molecule has 0 saturated heterocycles. The van der Waals surface area contributed by atoms with Gasteiger partial charge in [-0.1, -0.05) is 108 Å². The minimum Gasteiger partial charge on any atom is -0.184 e. The smallest absolute Gasteiger partial charge is 0.184 e. The van der Waals surface area contributed by atoms with Gasteiger partial charge < -0.3 is 0 Å². The highest BCUT2D eigenvalue weighted by Crippen LogP contribution is 2.44. The van der Waals surface area contributed by atoms with E-state index >= 15 is 0 Å². The Hall–Kier alpha value is -3.72. The minimum atomic E-state index is 0.745.